The van der Waals surface area contributed by atoms with Gasteiger partial charge >= 0.3 is 17.9 Å². The lowest BCUT2D eigenvalue weighted by Crippen LogP contribution is -2.25. The third kappa shape index (κ3) is 58.0. The van der Waals surface area contributed by atoms with Crippen LogP contribution < -0.4 is 0 Å². The van der Waals surface area contributed by atoms with E-state index in [0.717, 1.165) is 142 Å². The summed E-state index contributed by atoms with van der Waals surface area (Å²) >= 11 is 0. The minimum absolute atomic E-state index is 0.0261. The zero-order chi connectivity index (χ0) is 58.3. The topological polar surface area (TPSA) is 119 Å². The number of carbonyl (C=O) groups is 3. The van der Waals surface area contributed by atoms with Gasteiger partial charge in [-0.15, -0.1) is 0 Å². The molecule has 0 aromatic rings. The fraction of sp³-hybridized carbons (Fsp3) is 0.957. The predicted octanol–water partition coefficient (Wildman–Crippen LogP) is 19.8. The van der Waals surface area contributed by atoms with Gasteiger partial charge < -0.3 is 38.1 Å². The van der Waals surface area contributed by atoms with E-state index < -0.39 is 0 Å². The van der Waals surface area contributed by atoms with Gasteiger partial charge in [-0.05, 0) is 90.3 Å². The molecule has 0 radical (unpaired) electrons. The highest BCUT2D eigenvalue weighted by atomic mass is 16.7. The first-order valence-corrected chi connectivity index (χ1v) is 35.0. The molecule has 0 aliphatic carbocycles. The van der Waals surface area contributed by atoms with Crippen LogP contribution in [0.3, 0.4) is 0 Å². The summed E-state index contributed by atoms with van der Waals surface area (Å²) in [7, 11) is 0. The van der Waals surface area contributed by atoms with Crippen molar-refractivity contribution in [1.29, 1.82) is 0 Å². The van der Waals surface area contributed by atoms with Gasteiger partial charge in [0.1, 0.15) is 6.10 Å². The van der Waals surface area contributed by atoms with Crippen LogP contribution in [0.1, 0.15) is 350 Å². The van der Waals surface area contributed by atoms with E-state index in [0.29, 0.717) is 71.7 Å². The van der Waals surface area contributed by atoms with E-state index in [2.05, 4.69) is 46.4 Å². The highest BCUT2D eigenvalue weighted by Gasteiger charge is 2.17. The molecule has 0 aliphatic heterocycles. The Morgan fingerprint density at radius 2 is 0.562 bits per heavy atom. The summed E-state index contributed by atoms with van der Waals surface area (Å²) in [6.07, 6.45) is 51.6. The Morgan fingerprint density at radius 3 is 0.863 bits per heavy atom. The summed E-state index contributed by atoms with van der Waals surface area (Å²) < 4.78 is 42.0. The number of hydrogen-bond donors (Lipinski definition) is 0. The quantitative estimate of drug-likeness (QED) is 0.0251. The molecule has 0 unspecified atom stereocenters. The minimum Gasteiger partial charge on any atom is -0.466 e. The maximum absolute atomic E-state index is 13.0. The second kappa shape index (κ2) is 64.8. The van der Waals surface area contributed by atoms with Crippen molar-refractivity contribution in [3.05, 3.63) is 0 Å². The van der Waals surface area contributed by atoms with E-state index in [-0.39, 0.29) is 36.6 Å². The largest absolute Gasteiger partial charge is 0.466 e. The number of unbranched alkanes of at least 4 members (excludes halogenated alkanes) is 34. The first-order valence-electron chi connectivity index (χ1n) is 35.0. The van der Waals surface area contributed by atoms with Crippen molar-refractivity contribution >= 4 is 17.9 Å². The Kier molecular flexibility index (Phi) is 63.3. The highest BCUT2D eigenvalue weighted by molar-refractivity contribution is 5.70. The molecule has 0 aromatic carbocycles. The number of ether oxygens (including phenoxy) is 7. The molecule has 11 nitrogen and oxygen atoms in total. The van der Waals surface area contributed by atoms with Gasteiger partial charge in [-0.2, -0.15) is 0 Å². The van der Waals surface area contributed by atoms with Crippen LogP contribution in [-0.2, 0) is 47.5 Å². The van der Waals surface area contributed by atoms with Gasteiger partial charge in [-0.3, -0.25) is 14.4 Å². The fourth-order valence-electron chi connectivity index (χ4n) is 10.4. The minimum atomic E-state index is -0.338. The second-order valence-electron chi connectivity index (χ2n) is 23.4. The summed E-state index contributed by atoms with van der Waals surface area (Å²) in [4.78, 5) is 40.8. The van der Waals surface area contributed by atoms with Crippen LogP contribution in [0.15, 0.2) is 0 Å². The molecule has 0 saturated heterocycles. The lowest BCUT2D eigenvalue weighted by molar-refractivity contribution is -0.159. The molecule has 0 aromatic heterocycles. The number of carbonyl (C=O) groups excluding carboxylic acids is 3. The number of nitrogens with zero attached hydrogens (tertiary/aromatic N) is 1. The molecule has 0 N–H and O–H groups in total. The summed E-state index contributed by atoms with van der Waals surface area (Å²) in [6.45, 7) is 20.0. The molecule has 476 valence electrons. The molecule has 0 amide bonds. The average Bonchev–Trinajstić information content (AvgIpc) is 3.46. The smallest absolute Gasteiger partial charge is 0.306 e. The van der Waals surface area contributed by atoms with Gasteiger partial charge in [-0.25, -0.2) is 0 Å². The SMILES string of the molecule is CCCCCCCCCOC(CCC(=O)OCCCCCCCCC(CCCCCCCCOC(=O)CCC(OCCCCCCCCC)OCCCCCCCCC)OC(=O)CCCN(CC)CC)OCCCCCCCCC. The van der Waals surface area contributed by atoms with Crippen molar-refractivity contribution in [1.82, 2.24) is 4.90 Å². The number of esters is 3. The predicted molar refractivity (Wildman–Crippen MR) is 335 cm³/mol. The Hall–Kier alpha value is -1.79. The van der Waals surface area contributed by atoms with E-state index >= 15 is 0 Å². The zero-order valence-electron chi connectivity index (χ0n) is 54.1. The van der Waals surface area contributed by atoms with Crippen LogP contribution in [0.4, 0.5) is 0 Å². The normalized spacial score (nSPS) is 11.8. The summed E-state index contributed by atoms with van der Waals surface area (Å²) in [5, 5.41) is 0. The van der Waals surface area contributed by atoms with Crippen LogP contribution in [0.25, 0.3) is 0 Å². The summed E-state index contributed by atoms with van der Waals surface area (Å²) in [6, 6.07) is 0. The van der Waals surface area contributed by atoms with E-state index in [4.69, 9.17) is 33.2 Å². The third-order valence-electron chi connectivity index (χ3n) is 15.8. The van der Waals surface area contributed by atoms with Crippen LogP contribution in [-0.4, -0.2) is 101 Å². The molecule has 0 rings (SSSR count). The lowest BCUT2D eigenvalue weighted by Gasteiger charge is -2.20. The monoisotopic (exact) mass is 1140 g/mol. The Balaban J connectivity index is 4.61. The first-order chi connectivity index (χ1) is 39.3. The van der Waals surface area contributed by atoms with Crippen molar-refractivity contribution in [2.24, 2.45) is 0 Å². The maximum Gasteiger partial charge on any atom is 0.306 e. The molecule has 0 spiro atoms. The standard InChI is InChI=1S/C69H135NO10/c1-7-13-17-21-27-37-45-60-76-68(77-61-46-38-28-22-18-14-8-2)55-53-65(71)74-58-43-35-31-25-33-41-50-64(80-67(73)52-49-57-70(11-5)12-6)51-42-34-26-32-36-44-59-75-66(72)54-56-69(78-62-47-39-29-23-19-15-9-3)79-63-48-40-30-24-20-16-10-4/h64,68-69H,7-63H2,1-6H3. The molecule has 0 fully saturated rings. The van der Waals surface area contributed by atoms with Crippen LogP contribution >= 0.6 is 0 Å². The fourth-order valence-corrected chi connectivity index (χ4v) is 10.4. The Labute approximate surface area is 496 Å². The molecule has 0 atom stereocenters. The molecule has 0 heterocycles. The third-order valence-corrected chi connectivity index (χ3v) is 15.8. The maximum atomic E-state index is 13.0. The first kappa shape index (κ1) is 78.2. The molecule has 11 heteroatoms. The molecular weight excluding hydrogens is 1000 g/mol. The van der Waals surface area contributed by atoms with Gasteiger partial charge in [0.05, 0.1) is 26.1 Å². The van der Waals surface area contributed by atoms with Crippen LogP contribution in [0.5, 0.6) is 0 Å². The van der Waals surface area contributed by atoms with Crippen LogP contribution in [0.2, 0.25) is 0 Å². The van der Waals surface area contributed by atoms with Crippen molar-refractivity contribution in [2.75, 3.05) is 59.3 Å². The molecule has 80 heavy (non-hydrogen) atoms. The molecule has 0 bridgehead atoms. The Bertz CT molecular complexity index is 1150. The Morgan fingerprint density at radius 1 is 0.287 bits per heavy atom. The highest BCUT2D eigenvalue weighted by Crippen LogP contribution is 2.20. The van der Waals surface area contributed by atoms with Gasteiger partial charge in [0.15, 0.2) is 12.6 Å². The van der Waals surface area contributed by atoms with E-state index in [1.54, 1.807) is 0 Å². The second-order valence-corrected chi connectivity index (χ2v) is 23.4. The van der Waals surface area contributed by atoms with E-state index in [1.807, 2.05) is 0 Å². The van der Waals surface area contributed by atoms with Gasteiger partial charge in [-0.1, -0.05) is 247 Å². The number of rotatable bonds is 67. The summed E-state index contributed by atoms with van der Waals surface area (Å²) in [5.41, 5.74) is 0. The molecule has 0 saturated carbocycles. The zero-order valence-corrected chi connectivity index (χ0v) is 54.1. The van der Waals surface area contributed by atoms with Crippen LogP contribution in [0, 0.1) is 0 Å². The van der Waals surface area contributed by atoms with Gasteiger partial charge in [0.25, 0.3) is 0 Å². The van der Waals surface area contributed by atoms with Crippen molar-refractivity contribution in [2.45, 2.75) is 368 Å². The summed E-state index contributed by atoms with van der Waals surface area (Å²) in [5.74, 6) is -0.373. The molecular formula is C69H135NO10. The average molecular weight is 1140 g/mol. The van der Waals surface area contributed by atoms with E-state index in [9.17, 15) is 14.4 Å². The van der Waals surface area contributed by atoms with Crippen molar-refractivity contribution < 1.29 is 47.5 Å². The van der Waals surface area contributed by atoms with Crippen molar-refractivity contribution in [3.8, 4) is 0 Å². The lowest BCUT2D eigenvalue weighted by atomic mass is 10.0. The van der Waals surface area contributed by atoms with Gasteiger partial charge in [0.2, 0.25) is 0 Å². The molecule has 0 aliphatic rings. The van der Waals surface area contributed by atoms with Crippen molar-refractivity contribution in [3.63, 3.8) is 0 Å². The van der Waals surface area contributed by atoms with E-state index in [1.165, 1.54) is 154 Å². The number of hydrogen-bond acceptors (Lipinski definition) is 11. The van der Waals surface area contributed by atoms with Gasteiger partial charge in [0, 0.05) is 45.7 Å².